The molecule has 0 atom stereocenters. The van der Waals surface area contributed by atoms with Crippen LogP contribution in [0.5, 0.6) is 0 Å². The summed E-state index contributed by atoms with van der Waals surface area (Å²) in [5.41, 5.74) is 2.23. The zero-order valence-electron chi connectivity index (χ0n) is 12.2. The fraction of sp³-hybridized carbons (Fsp3) is 0.357. The second-order valence-corrected chi connectivity index (χ2v) is 8.95. The number of benzene rings is 1. The van der Waals surface area contributed by atoms with E-state index in [-0.39, 0.29) is 10.5 Å². The molecule has 2 rings (SSSR count). The van der Waals surface area contributed by atoms with Crippen LogP contribution in [0.25, 0.3) is 10.6 Å². The lowest BCUT2D eigenvalue weighted by Gasteiger charge is -2.18. The van der Waals surface area contributed by atoms with Gasteiger partial charge in [0, 0.05) is 5.56 Å². The molecule has 1 amide bonds. The molecule has 0 aliphatic heterocycles. The highest BCUT2D eigenvalue weighted by molar-refractivity contribution is 7.18. The Hall–Kier alpha value is -0.880. The molecule has 0 bridgehead atoms. The number of carbonyl (C=O) groups is 1. The van der Waals surface area contributed by atoms with Crippen molar-refractivity contribution < 1.29 is 4.79 Å². The second-order valence-electron chi connectivity index (χ2n) is 5.69. The van der Waals surface area contributed by atoms with Crippen LogP contribution in [-0.2, 0) is 10.2 Å². The Morgan fingerprint density at radius 3 is 2.18 bits per heavy atom. The molecule has 1 N–H and O–H groups in total. The summed E-state index contributed by atoms with van der Waals surface area (Å²) >= 11 is 17.7. The average molecular weight is 379 g/mol. The molecular formula is C14H14Cl3N3OS. The number of carbonyl (C=O) groups excluding carboxylic acids is 1. The van der Waals surface area contributed by atoms with E-state index in [0.29, 0.717) is 5.01 Å². The minimum absolute atomic E-state index is 0.0865. The van der Waals surface area contributed by atoms with Gasteiger partial charge in [-0.1, -0.05) is 91.2 Å². The summed E-state index contributed by atoms with van der Waals surface area (Å²) in [5.74, 6) is -0.761. The van der Waals surface area contributed by atoms with Gasteiger partial charge < -0.3 is 0 Å². The maximum atomic E-state index is 11.6. The number of nitrogens with zero attached hydrogens (tertiary/aromatic N) is 2. The quantitative estimate of drug-likeness (QED) is 0.763. The van der Waals surface area contributed by atoms with Crippen LogP contribution < -0.4 is 5.32 Å². The van der Waals surface area contributed by atoms with Crippen LogP contribution in [0.4, 0.5) is 5.13 Å². The Kier molecular flexibility index (Phi) is 5.02. The van der Waals surface area contributed by atoms with Gasteiger partial charge in [-0.15, -0.1) is 10.2 Å². The summed E-state index contributed by atoms with van der Waals surface area (Å²) in [6.45, 7) is 6.45. The molecule has 0 radical (unpaired) electrons. The topological polar surface area (TPSA) is 54.9 Å². The summed E-state index contributed by atoms with van der Waals surface area (Å²) in [6.07, 6.45) is 0. The number of hydrogen-bond donors (Lipinski definition) is 1. The zero-order chi connectivity index (χ0) is 16.5. The van der Waals surface area contributed by atoms with Crippen molar-refractivity contribution in [2.75, 3.05) is 5.32 Å². The Morgan fingerprint density at radius 2 is 1.68 bits per heavy atom. The fourth-order valence-corrected chi connectivity index (χ4v) is 2.56. The largest absolute Gasteiger partial charge is 0.297 e. The first-order valence-electron chi connectivity index (χ1n) is 6.40. The molecule has 8 heteroatoms. The van der Waals surface area contributed by atoms with Crippen LogP contribution in [-0.4, -0.2) is 19.9 Å². The molecule has 118 valence electrons. The van der Waals surface area contributed by atoms with Crippen LogP contribution in [0.3, 0.4) is 0 Å². The van der Waals surface area contributed by atoms with Gasteiger partial charge in [0.2, 0.25) is 5.13 Å². The SMILES string of the molecule is CC(C)(C)c1ccc(-c2nnc(NC(=O)C(Cl)(Cl)Cl)s2)cc1. The van der Waals surface area contributed by atoms with Gasteiger partial charge in [0.05, 0.1) is 0 Å². The van der Waals surface area contributed by atoms with Crippen molar-refractivity contribution in [3.63, 3.8) is 0 Å². The number of hydrogen-bond acceptors (Lipinski definition) is 4. The lowest BCUT2D eigenvalue weighted by atomic mass is 9.87. The number of amides is 1. The van der Waals surface area contributed by atoms with Gasteiger partial charge in [0.15, 0.2) is 0 Å². The van der Waals surface area contributed by atoms with Crippen molar-refractivity contribution in [2.45, 2.75) is 30.0 Å². The number of nitrogens with one attached hydrogen (secondary N) is 1. The van der Waals surface area contributed by atoms with Gasteiger partial charge >= 0.3 is 0 Å². The van der Waals surface area contributed by atoms with Crippen molar-refractivity contribution in [3.05, 3.63) is 29.8 Å². The Bertz CT molecular complexity index is 672. The molecule has 0 unspecified atom stereocenters. The first-order valence-corrected chi connectivity index (χ1v) is 8.35. The zero-order valence-corrected chi connectivity index (χ0v) is 15.2. The normalized spacial score (nSPS) is 12.3. The van der Waals surface area contributed by atoms with E-state index in [1.54, 1.807) is 0 Å². The number of aromatic nitrogens is 2. The van der Waals surface area contributed by atoms with Crippen molar-refractivity contribution in [1.82, 2.24) is 10.2 Å². The van der Waals surface area contributed by atoms with Gasteiger partial charge in [-0.3, -0.25) is 10.1 Å². The average Bonchev–Trinajstić information content (AvgIpc) is 2.85. The van der Waals surface area contributed by atoms with Crippen LogP contribution >= 0.6 is 46.1 Å². The molecule has 2 aromatic rings. The molecule has 1 aromatic heterocycles. The van der Waals surface area contributed by atoms with Gasteiger partial charge in [0.1, 0.15) is 5.01 Å². The molecule has 0 saturated heterocycles. The third-order valence-electron chi connectivity index (χ3n) is 2.90. The molecule has 22 heavy (non-hydrogen) atoms. The molecule has 1 aromatic carbocycles. The highest BCUT2D eigenvalue weighted by Crippen LogP contribution is 2.31. The first kappa shape index (κ1) is 17.5. The van der Waals surface area contributed by atoms with Crippen LogP contribution in [0.15, 0.2) is 24.3 Å². The number of halogens is 3. The van der Waals surface area contributed by atoms with Crippen LogP contribution in [0.2, 0.25) is 0 Å². The maximum absolute atomic E-state index is 11.6. The highest BCUT2D eigenvalue weighted by Gasteiger charge is 2.31. The van der Waals surface area contributed by atoms with Crippen molar-refractivity contribution >= 4 is 57.2 Å². The number of rotatable bonds is 2. The van der Waals surface area contributed by atoms with Crippen LogP contribution in [0, 0.1) is 0 Å². The molecule has 1 heterocycles. The van der Waals surface area contributed by atoms with E-state index in [4.69, 9.17) is 34.8 Å². The number of alkyl halides is 3. The van der Waals surface area contributed by atoms with E-state index in [0.717, 1.165) is 5.56 Å². The van der Waals surface area contributed by atoms with E-state index < -0.39 is 9.70 Å². The highest BCUT2D eigenvalue weighted by atomic mass is 35.6. The molecule has 0 aliphatic carbocycles. The summed E-state index contributed by atoms with van der Waals surface area (Å²) in [6, 6.07) is 8.05. The number of anilines is 1. The van der Waals surface area contributed by atoms with Gasteiger partial charge in [-0.05, 0) is 11.0 Å². The summed E-state index contributed by atoms with van der Waals surface area (Å²) in [7, 11) is 0. The molecule has 0 aliphatic rings. The Labute approximate surface area is 147 Å². The summed E-state index contributed by atoms with van der Waals surface area (Å²) < 4.78 is -2.03. The van der Waals surface area contributed by atoms with E-state index in [1.165, 1.54) is 16.9 Å². The third-order valence-corrected chi connectivity index (χ3v) is 4.30. The van der Waals surface area contributed by atoms with Crippen molar-refractivity contribution in [3.8, 4) is 10.6 Å². The minimum atomic E-state index is -2.03. The first-order chi connectivity index (χ1) is 10.1. The fourth-order valence-electron chi connectivity index (χ4n) is 1.67. The standard InChI is InChI=1S/C14H14Cl3N3OS/c1-13(2,3)9-6-4-8(5-7-9)10-19-20-12(22-10)18-11(21)14(15,16)17/h4-7H,1-3H3,(H,18,20,21). The molecule has 4 nitrogen and oxygen atoms in total. The van der Waals surface area contributed by atoms with Gasteiger partial charge in [0.25, 0.3) is 9.70 Å². The van der Waals surface area contributed by atoms with Gasteiger partial charge in [-0.25, -0.2) is 0 Å². The second kappa shape index (κ2) is 6.32. The smallest absolute Gasteiger partial charge is 0.278 e. The maximum Gasteiger partial charge on any atom is 0.278 e. The van der Waals surface area contributed by atoms with E-state index in [9.17, 15) is 4.79 Å². The van der Waals surface area contributed by atoms with Crippen molar-refractivity contribution in [1.29, 1.82) is 0 Å². The van der Waals surface area contributed by atoms with E-state index >= 15 is 0 Å². The summed E-state index contributed by atoms with van der Waals surface area (Å²) in [5, 5.41) is 11.3. The molecule has 0 fully saturated rings. The van der Waals surface area contributed by atoms with Crippen LogP contribution in [0.1, 0.15) is 26.3 Å². The lowest BCUT2D eigenvalue weighted by Crippen LogP contribution is -2.26. The Morgan fingerprint density at radius 1 is 1.09 bits per heavy atom. The predicted molar refractivity (Wildman–Crippen MR) is 93.0 cm³/mol. The molecular weight excluding hydrogens is 365 g/mol. The molecule has 0 saturated carbocycles. The predicted octanol–water partition coefficient (Wildman–Crippen LogP) is 4.81. The van der Waals surface area contributed by atoms with Gasteiger partial charge in [-0.2, -0.15) is 0 Å². The molecule has 0 spiro atoms. The van der Waals surface area contributed by atoms with E-state index in [1.807, 2.05) is 12.1 Å². The van der Waals surface area contributed by atoms with Crippen molar-refractivity contribution in [2.24, 2.45) is 0 Å². The summed E-state index contributed by atoms with van der Waals surface area (Å²) in [4.78, 5) is 11.6. The lowest BCUT2D eigenvalue weighted by molar-refractivity contribution is -0.115. The third kappa shape index (κ3) is 4.32. The monoisotopic (exact) mass is 377 g/mol. The minimum Gasteiger partial charge on any atom is -0.297 e. The Balaban J connectivity index is 2.16. The van der Waals surface area contributed by atoms with E-state index in [2.05, 4.69) is 48.4 Å².